The van der Waals surface area contributed by atoms with E-state index in [0.717, 1.165) is 44.5 Å². The van der Waals surface area contributed by atoms with Crippen molar-refractivity contribution in [3.8, 4) is 5.75 Å². The molecular formula is C18H23NO3. The zero-order chi connectivity index (χ0) is 15.4. The molecule has 3 aliphatic rings. The van der Waals surface area contributed by atoms with Crippen molar-refractivity contribution >= 4 is 5.91 Å². The van der Waals surface area contributed by atoms with Crippen molar-refractivity contribution in [1.82, 2.24) is 0 Å². The Bertz CT molecular complexity index is 623. The van der Waals surface area contributed by atoms with Gasteiger partial charge in [0.1, 0.15) is 5.75 Å². The molecule has 1 amide bonds. The van der Waals surface area contributed by atoms with Crippen molar-refractivity contribution in [2.24, 2.45) is 11.7 Å². The molecule has 1 saturated heterocycles. The number of carbonyl (C=O) groups is 1. The average Bonchev–Trinajstić information content (AvgIpc) is 3.29. The van der Waals surface area contributed by atoms with Gasteiger partial charge in [0.25, 0.3) is 0 Å². The van der Waals surface area contributed by atoms with Crippen LogP contribution in [0.1, 0.15) is 54.9 Å². The van der Waals surface area contributed by atoms with Crippen molar-refractivity contribution in [2.45, 2.75) is 50.0 Å². The van der Waals surface area contributed by atoms with E-state index in [9.17, 15) is 4.79 Å². The number of epoxide rings is 1. The molecule has 1 aromatic carbocycles. The van der Waals surface area contributed by atoms with Crippen molar-refractivity contribution in [3.05, 3.63) is 29.3 Å². The van der Waals surface area contributed by atoms with E-state index in [1.165, 1.54) is 5.56 Å². The maximum absolute atomic E-state index is 11.4. The first-order valence-electron chi connectivity index (χ1n) is 8.30. The molecule has 1 aromatic rings. The van der Waals surface area contributed by atoms with Crippen LogP contribution in [0.4, 0.5) is 0 Å². The van der Waals surface area contributed by atoms with Gasteiger partial charge < -0.3 is 15.2 Å². The molecule has 2 N–H and O–H groups in total. The van der Waals surface area contributed by atoms with Gasteiger partial charge in [-0.05, 0) is 50.2 Å². The monoisotopic (exact) mass is 301 g/mol. The molecule has 2 aliphatic heterocycles. The van der Waals surface area contributed by atoms with E-state index in [1.807, 2.05) is 12.1 Å². The van der Waals surface area contributed by atoms with E-state index in [4.69, 9.17) is 15.2 Å². The van der Waals surface area contributed by atoms with Crippen molar-refractivity contribution < 1.29 is 14.3 Å². The Morgan fingerprint density at radius 2 is 2.23 bits per heavy atom. The van der Waals surface area contributed by atoms with Crippen LogP contribution in [0.3, 0.4) is 0 Å². The fourth-order valence-corrected chi connectivity index (χ4v) is 4.67. The zero-order valence-corrected chi connectivity index (χ0v) is 13.1. The second kappa shape index (κ2) is 4.72. The van der Waals surface area contributed by atoms with E-state index < -0.39 is 5.91 Å². The third kappa shape index (κ3) is 1.97. The summed E-state index contributed by atoms with van der Waals surface area (Å²) in [5.41, 5.74) is 7.53. The number of hydrogen-bond acceptors (Lipinski definition) is 3. The second-order valence-electron chi connectivity index (χ2n) is 7.09. The molecule has 2 heterocycles. The zero-order valence-electron chi connectivity index (χ0n) is 13.1. The predicted octanol–water partition coefficient (Wildman–Crippen LogP) is 2.78. The molecule has 1 aliphatic carbocycles. The second-order valence-corrected chi connectivity index (χ2v) is 7.09. The van der Waals surface area contributed by atoms with Crippen LogP contribution in [0.5, 0.6) is 5.75 Å². The lowest BCUT2D eigenvalue weighted by Crippen LogP contribution is -2.42. The molecule has 4 nitrogen and oxygen atoms in total. The van der Waals surface area contributed by atoms with Crippen molar-refractivity contribution in [3.63, 3.8) is 0 Å². The van der Waals surface area contributed by atoms with Crippen LogP contribution in [0, 0.1) is 5.92 Å². The van der Waals surface area contributed by atoms with Crippen LogP contribution < -0.4 is 10.5 Å². The maximum atomic E-state index is 11.4. The molecule has 2 fully saturated rings. The van der Waals surface area contributed by atoms with E-state index in [1.54, 1.807) is 0 Å². The fourth-order valence-electron chi connectivity index (χ4n) is 4.67. The number of primary amides is 1. The molecule has 4 rings (SSSR count). The number of carbonyl (C=O) groups excluding carboxylic acids is 1. The minimum Gasteiger partial charge on any atom is -0.493 e. The van der Waals surface area contributed by atoms with Crippen LogP contribution >= 0.6 is 0 Å². The maximum Gasteiger partial charge on any atom is 0.248 e. The SMILES string of the molecule is CCC12CC[C@]3(CO3)CC1CCOc1cc(C(N)=O)ccc12. The fraction of sp³-hybridized carbons (Fsp3) is 0.611. The number of rotatable bonds is 2. The van der Waals surface area contributed by atoms with Gasteiger partial charge in [0.2, 0.25) is 5.91 Å². The Morgan fingerprint density at radius 1 is 1.41 bits per heavy atom. The number of ether oxygens (including phenoxy) is 2. The highest BCUT2D eigenvalue weighted by molar-refractivity contribution is 5.93. The molecule has 0 radical (unpaired) electrons. The molecule has 1 saturated carbocycles. The molecule has 118 valence electrons. The smallest absolute Gasteiger partial charge is 0.248 e. The van der Waals surface area contributed by atoms with Crippen LogP contribution in [-0.4, -0.2) is 24.7 Å². The Labute approximate surface area is 131 Å². The van der Waals surface area contributed by atoms with E-state index >= 15 is 0 Å². The van der Waals surface area contributed by atoms with Gasteiger partial charge in [-0.3, -0.25) is 4.79 Å². The van der Waals surface area contributed by atoms with E-state index in [-0.39, 0.29) is 11.0 Å². The molecule has 1 spiro atoms. The highest BCUT2D eigenvalue weighted by Gasteiger charge is 2.56. The van der Waals surface area contributed by atoms with E-state index in [0.29, 0.717) is 18.1 Å². The van der Waals surface area contributed by atoms with Crippen LogP contribution in [-0.2, 0) is 10.2 Å². The largest absolute Gasteiger partial charge is 0.493 e. The minimum absolute atomic E-state index is 0.152. The summed E-state index contributed by atoms with van der Waals surface area (Å²) in [6, 6.07) is 5.75. The highest BCUT2D eigenvalue weighted by atomic mass is 16.6. The topological polar surface area (TPSA) is 64.8 Å². The van der Waals surface area contributed by atoms with E-state index in [2.05, 4.69) is 13.0 Å². The molecule has 3 atom stereocenters. The summed E-state index contributed by atoms with van der Waals surface area (Å²) in [7, 11) is 0. The lowest BCUT2D eigenvalue weighted by atomic mass is 9.58. The lowest BCUT2D eigenvalue weighted by Gasteiger charge is -2.45. The minimum atomic E-state index is -0.397. The predicted molar refractivity (Wildman–Crippen MR) is 83.1 cm³/mol. The first kappa shape index (κ1) is 14.1. The van der Waals surface area contributed by atoms with Gasteiger partial charge >= 0.3 is 0 Å². The van der Waals surface area contributed by atoms with Gasteiger partial charge in [0.15, 0.2) is 0 Å². The summed E-state index contributed by atoms with van der Waals surface area (Å²) >= 11 is 0. The summed E-state index contributed by atoms with van der Waals surface area (Å²) in [5, 5.41) is 0. The molecule has 0 bridgehead atoms. The standard InChI is InChI=1S/C18H23NO3/c1-2-18-7-6-17(11-22-17)10-13(18)5-8-21-15-9-12(16(19)20)3-4-14(15)18/h3-4,9,13H,2,5-8,10-11H2,1H3,(H2,19,20)/t13?,17-,18?/m1/s1. The van der Waals surface area contributed by atoms with Gasteiger partial charge in [-0.15, -0.1) is 0 Å². The Kier molecular flexibility index (Phi) is 3.02. The quantitative estimate of drug-likeness (QED) is 0.854. The number of hydrogen-bond donors (Lipinski definition) is 1. The van der Waals surface area contributed by atoms with Crippen LogP contribution in [0.15, 0.2) is 18.2 Å². The third-order valence-corrected chi connectivity index (χ3v) is 6.14. The Balaban J connectivity index is 1.79. The summed E-state index contributed by atoms with van der Waals surface area (Å²) in [5.74, 6) is 1.05. The Morgan fingerprint density at radius 3 is 2.91 bits per heavy atom. The van der Waals surface area contributed by atoms with Gasteiger partial charge in [0, 0.05) is 16.5 Å². The first-order valence-corrected chi connectivity index (χ1v) is 8.30. The normalized spacial score (nSPS) is 36.0. The van der Waals surface area contributed by atoms with Gasteiger partial charge in [-0.25, -0.2) is 0 Å². The number of nitrogens with two attached hydrogens (primary N) is 1. The number of benzene rings is 1. The first-order chi connectivity index (χ1) is 10.6. The van der Waals surface area contributed by atoms with Gasteiger partial charge in [-0.1, -0.05) is 13.0 Å². The Hall–Kier alpha value is -1.55. The summed E-state index contributed by atoms with van der Waals surface area (Å²) in [6.07, 6.45) is 5.57. The molecule has 0 aromatic heterocycles. The summed E-state index contributed by atoms with van der Waals surface area (Å²) < 4.78 is 11.8. The molecule has 2 unspecified atom stereocenters. The average molecular weight is 301 g/mol. The molecule has 4 heteroatoms. The number of amides is 1. The lowest BCUT2D eigenvalue weighted by molar-refractivity contribution is 0.0950. The van der Waals surface area contributed by atoms with Gasteiger partial charge in [-0.2, -0.15) is 0 Å². The van der Waals surface area contributed by atoms with Crippen molar-refractivity contribution in [2.75, 3.05) is 13.2 Å². The third-order valence-electron chi connectivity index (χ3n) is 6.14. The van der Waals surface area contributed by atoms with Gasteiger partial charge in [0.05, 0.1) is 18.8 Å². The summed E-state index contributed by atoms with van der Waals surface area (Å²) in [4.78, 5) is 11.4. The van der Waals surface area contributed by atoms with Crippen LogP contribution in [0.2, 0.25) is 0 Å². The van der Waals surface area contributed by atoms with Crippen molar-refractivity contribution in [1.29, 1.82) is 0 Å². The van der Waals surface area contributed by atoms with Crippen LogP contribution in [0.25, 0.3) is 0 Å². The molecular weight excluding hydrogens is 278 g/mol. The number of fused-ring (bicyclic) bond motifs is 3. The molecule has 22 heavy (non-hydrogen) atoms. The highest BCUT2D eigenvalue weighted by Crippen LogP contribution is 2.57. The summed E-state index contributed by atoms with van der Waals surface area (Å²) in [6.45, 7) is 3.91.